The predicted molar refractivity (Wildman–Crippen MR) is 76.6 cm³/mol. The summed E-state index contributed by atoms with van der Waals surface area (Å²) in [6, 6.07) is 8.11. The molecule has 0 saturated heterocycles. The molecule has 0 saturated carbocycles. The van der Waals surface area contributed by atoms with Gasteiger partial charge in [0.15, 0.2) is 0 Å². The topological polar surface area (TPSA) is 20.2 Å². The van der Waals surface area contributed by atoms with Crippen molar-refractivity contribution in [3.63, 3.8) is 0 Å². The molecule has 0 spiro atoms. The van der Waals surface area contributed by atoms with Crippen molar-refractivity contribution in [2.45, 2.75) is 26.4 Å². The SMILES string of the molecule is Cc1cccc(C(O)Cc2sccc2Br)c1C. The highest BCUT2D eigenvalue weighted by molar-refractivity contribution is 9.10. The summed E-state index contributed by atoms with van der Waals surface area (Å²) in [5.74, 6) is 0. The molecular weight excluding hydrogens is 296 g/mol. The third-order valence-electron chi connectivity index (χ3n) is 3.08. The van der Waals surface area contributed by atoms with E-state index in [1.54, 1.807) is 11.3 Å². The van der Waals surface area contributed by atoms with Crippen LogP contribution in [0.3, 0.4) is 0 Å². The molecule has 1 aromatic heterocycles. The Kier molecular flexibility index (Phi) is 4.02. The maximum absolute atomic E-state index is 10.3. The zero-order chi connectivity index (χ0) is 12.4. The van der Waals surface area contributed by atoms with E-state index in [1.165, 1.54) is 16.0 Å². The monoisotopic (exact) mass is 310 g/mol. The molecule has 2 rings (SSSR count). The fraction of sp³-hybridized carbons (Fsp3) is 0.286. The van der Waals surface area contributed by atoms with Crippen LogP contribution in [-0.4, -0.2) is 5.11 Å². The summed E-state index contributed by atoms with van der Waals surface area (Å²) < 4.78 is 1.09. The molecule has 0 bridgehead atoms. The summed E-state index contributed by atoms with van der Waals surface area (Å²) in [6.07, 6.45) is 0.243. The standard InChI is InChI=1S/C14H15BrOS/c1-9-4-3-5-11(10(9)2)13(16)8-14-12(15)6-7-17-14/h3-7,13,16H,8H2,1-2H3. The molecule has 2 aromatic rings. The second-order valence-corrected chi connectivity index (χ2v) is 6.06. The fourth-order valence-corrected chi connectivity index (χ4v) is 3.44. The molecule has 0 aliphatic carbocycles. The van der Waals surface area contributed by atoms with Crippen LogP contribution < -0.4 is 0 Å². The predicted octanol–water partition coefficient (Wildman–Crippen LogP) is 4.40. The summed E-state index contributed by atoms with van der Waals surface area (Å²) in [5.41, 5.74) is 3.45. The maximum Gasteiger partial charge on any atom is 0.0841 e. The highest BCUT2D eigenvalue weighted by Crippen LogP contribution is 2.29. The molecule has 1 unspecified atom stereocenters. The van der Waals surface area contributed by atoms with Gasteiger partial charge in [0.1, 0.15) is 0 Å². The molecule has 1 atom stereocenters. The first kappa shape index (κ1) is 12.8. The van der Waals surface area contributed by atoms with Gasteiger partial charge in [-0.1, -0.05) is 18.2 Å². The van der Waals surface area contributed by atoms with Crippen LogP contribution in [0, 0.1) is 13.8 Å². The summed E-state index contributed by atoms with van der Waals surface area (Å²) >= 11 is 5.18. The second-order valence-electron chi connectivity index (χ2n) is 4.20. The van der Waals surface area contributed by atoms with E-state index in [-0.39, 0.29) is 0 Å². The van der Waals surface area contributed by atoms with E-state index < -0.39 is 6.10 Å². The van der Waals surface area contributed by atoms with Crippen LogP contribution in [0.25, 0.3) is 0 Å². The first-order valence-corrected chi connectivity index (χ1v) is 7.23. The number of hydrogen-bond acceptors (Lipinski definition) is 2. The largest absolute Gasteiger partial charge is 0.388 e. The minimum absolute atomic E-state index is 0.426. The lowest BCUT2D eigenvalue weighted by Gasteiger charge is -2.14. The fourth-order valence-electron chi connectivity index (χ4n) is 1.89. The van der Waals surface area contributed by atoms with Crippen LogP contribution in [0.1, 0.15) is 27.7 Å². The molecule has 0 radical (unpaired) electrons. The molecule has 17 heavy (non-hydrogen) atoms. The van der Waals surface area contributed by atoms with Crippen molar-refractivity contribution in [1.29, 1.82) is 0 Å². The van der Waals surface area contributed by atoms with Gasteiger partial charge in [0.25, 0.3) is 0 Å². The van der Waals surface area contributed by atoms with Crippen LogP contribution in [0.4, 0.5) is 0 Å². The molecule has 1 nitrogen and oxygen atoms in total. The van der Waals surface area contributed by atoms with Crippen LogP contribution in [0.5, 0.6) is 0 Å². The Bertz CT molecular complexity index is 519. The van der Waals surface area contributed by atoms with Crippen molar-refractivity contribution < 1.29 is 5.11 Å². The highest BCUT2D eigenvalue weighted by atomic mass is 79.9. The van der Waals surface area contributed by atoms with Crippen molar-refractivity contribution in [2.24, 2.45) is 0 Å². The van der Waals surface area contributed by atoms with Gasteiger partial charge in [0.05, 0.1) is 6.10 Å². The van der Waals surface area contributed by atoms with Gasteiger partial charge >= 0.3 is 0 Å². The van der Waals surface area contributed by atoms with Crippen molar-refractivity contribution in [1.82, 2.24) is 0 Å². The minimum atomic E-state index is -0.426. The number of aryl methyl sites for hydroxylation is 1. The van der Waals surface area contributed by atoms with Gasteiger partial charge in [-0.25, -0.2) is 0 Å². The average molecular weight is 311 g/mol. The Balaban J connectivity index is 2.23. The molecule has 1 aromatic carbocycles. The lowest BCUT2D eigenvalue weighted by Crippen LogP contribution is -2.04. The van der Waals surface area contributed by atoms with Crippen LogP contribution in [0.2, 0.25) is 0 Å². The van der Waals surface area contributed by atoms with E-state index in [0.29, 0.717) is 6.42 Å². The van der Waals surface area contributed by atoms with Crippen LogP contribution in [0.15, 0.2) is 34.1 Å². The maximum atomic E-state index is 10.3. The van der Waals surface area contributed by atoms with Crippen LogP contribution in [-0.2, 0) is 6.42 Å². The zero-order valence-corrected chi connectivity index (χ0v) is 12.3. The number of aliphatic hydroxyl groups excluding tert-OH is 1. The van der Waals surface area contributed by atoms with E-state index in [0.717, 1.165) is 10.0 Å². The quantitative estimate of drug-likeness (QED) is 0.890. The summed E-state index contributed by atoms with van der Waals surface area (Å²) in [7, 11) is 0. The summed E-state index contributed by atoms with van der Waals surface area (Å²) in [4.78, 5) is 1.19. The van der Waals surface area contributed by atoms with E-state index in [9.17, 15) is 5.11 Å². The average Bonchev–Trinajstić information content (AvgIpc) is 2.68. The van der Waals surface area contributed by atoms with E-state index in [4.69, 9.17) is 0 Å². The number of benzene rings is 1. The molecule has 0 aliphatic rings. The summed E-state index contributed by atoms with van der Waals surface area (Å²) in [6.45, 7) is 4.14. The zero-order valence-electron chi connectivity index (χ0n) is 9.90. The van der Waals surface area contributed by atoms with E-state index in [2.05, 4.69) is 35.8 Å². The Hall–Kier alpha value is -0.640. The number of thiophene rings is 1. The highest BCUT2D eigenvalue weighted by Gasteiger charge is 2.14. The van der Waals surface area contributed by atoms with Gasteiger partial charge in [-0.15, -0.1) is 11.3 Å². The van der Waals surface area contributed by atoms with Crippen molar-refractivity contribution >= 4 is 27.3 Å². The first-order valence-electron chi connectivity index (χ1n) is 5.55. The minimum Gasteiger partial charge on any atom is -0.388 e. The number of hydrogen-bond donors (Lipinski definition) is 1. The van der Waals surface area contributed by atoms with Gasteiger partial charge in [0, 0.05) is 15.8 Å². The van der Waals surface area contributed by atoms with Gasteiger partial charge in [0.2, 0.25) is 0 Å². The van der Waals surface area contributed by atoms with Crippen molar-refractivity contribution in [3.8, 4) is 0 Å². The molecule has 0 fully saturated rings. The Morgan fingerprint density at radius 2 is 2.06 bits per heavy atom. The van der Waals surface area contributed by atoms with E-state index >= 15 is 0 Å². The number of aliphatic hydroxyl groups is 1. The first-order chi connectivity index (χ1) is 8.09. The van der Waals surface area contributed by atoms with Crippen molar-refractivity contribution in [3.05, 3.63) is 55.7 Å². The Labute approximate surface area is 114 Å². The molecule has 1 heterocycles. The second kappa shape index (κ2) is 5.34. The number of halogens is 1. The third-order valence-corrected chi connectivity index (χ3v) is 5.02. The molecular formula is C14H15BrOS. The molecule has 1 N–H and O–H groups in total. The normalized spacial score (nSPS) is 12.7. The molecule has 0 aliphatic heterocycles. The molecule has 90 valence electrons. The van der Waals surface area contributed by atoms with Gasteiger partial charge in [-0.05, 0) is 57.9 Å². The Morgan fingerprint density at radius 3 is 2.71 bits per heavy atom. The van der Waals surface area contributed by atoms with Crippen molar-refractivity contribution in [2.75, 3.05) is 0 Å². The summed E-state index contributed by atoms with van der Waals surface area (Å²) in [5, 5.41) is 12.3. The van der Waals surface area contributed by atoms with E-state index in [1.807, 2.05) is 23.6 Å². The smallest absolute Gasteiger partial charge is 0.0841 e. The van der Waals surface area contributed by atoms with Gasteiger partial charge < -0.3 is 5.11 Å². The molecule has 0 amide bonds. The third kappa shape index (κ3) is 2.79. The van der Waals surface area contributed by atoms with Gasteiger partial charge in [-0.3, -0.25) is 0 Å². The van der Waals surface area contributed by atoms with Crippen LogP contribution >= 0.6 is 27.3 Å². The number of rotatable bonds is 3. The lowest BCUT2D eigenvalue weighted by molar-refractivity contribution is 0.178. The Morgan fingerprint density at radius 1 is 1.29 bits per heavy atom. The molecule has 3 heteroatoms. The lowest BCUT2D eigenvalue weighted by atomic mass is 9.97. The van der Waals surface area contributed by atoms with Gasteiger partial charge in [-0.2, -0.15) is 0 Å².